The standard InChI is InChI=1S/C24H28ClN7/c1-15-6-5-11-31(15)13-18-14-32(29-16(18)2)22-9-10-26-24(28-22)27-19-7-8-21-20(12-19)23(25)17(3)30(21)4/h7-10,12,14-15H,5-6,11,13H2,1-4H3,(H,26,27,28). The van der Waals surface area contributed by atoms with Crippen molar-refractivity contribution in [1.82, 2.24) is 29.2 Å². The zero-order valence-electron chi connectivity index (χ0n) is 18.9. The Kier molecular flexibility index (Phi) is 5.39. The minimum absolute atomic E-state index is 0.522. The Morgan fingerprint density at radius 1 is 1.22 bits per heavy atom. The Morgan fingerprint density at radius 2 is 2.06 bits per heavy atom. The molecule has 5 rings (SSSR count). The fourth-order valence-corrected chi connectivity index (χ4v) is 4.76. The first-order valence-corrected chi connectivity index (χ1v) is 11.4. The molecule has 0 aliphatic carbocycles. The van der Waals surface area contributed by atoms with E-state index in [0.717, 1.165) is 51.9 Å². The molecule has 1 unspecified atom stereocenters. The van der Waals surface area contributed by atoms with E-state index in [9.17, 15) is 0 Å². The number of benzene rings is 1. The summed E-state index contributed by atoms with van der Waals surface area (Å²) in [6.45, 7) is 8.47. The summed E-state index contributed by atoms with van der Waals surface area (Å²) in [4.78, 5) is 11.6. The Morgan fingerprint density at radius 3 is 2.84 bits per heavy atom. The zero-order chi connectivity index (χ0) is 22.4. The fraction of sp³-hybridized carbons (Fsp3) is 0.375. The molecule has 0 saturated carbocycles. The lowest BCUT2D eigenvalue weighted by Gasteiger charge is -2.20. The minimum Gasteiger partial charge on any atom is -0.346 e. The van der Waals surface area contributed by atoms with Crippen molar-refractivity contribution in [1.29, 1.82) is 0 Å². The maximum absolute atomic E-state index is 6.52. The molecule has 32 heavy (non-hydrogen) atoms. The van der Waals surface area contributed by atoms with Crippen molar-refractivity contribution in [2.45, 2.75) is 46.2 Å². The molecule has 1 fully saturated rings. The van der Waals surface area contributed by atoms with E-state index in [4.69, 9.17) is 21.7 Å². The molecule has 3 aromatic heterocycles. The van der Waals surface area contributed by atoms with Crippen LogP contribution in [0, 0.1) is 13.8 Å². The van der Waals surface area contributed by atoms with Crippen LogP contribution in [0.25, 0.3) is 16.7 Å². The molecule has 4 heterocycles. The first-order valence-electron chi connectivity index (χ1n) is 11.0. The van der Waals surface area contributed by atoms with Gasteiger partial charge in [0.1, 0.15) is 0 Å². The highest BCUT2D eigenvalue weighted by Gasteiger charge is 2.22. The average molecular weight is 450 g/mol. The summed E-state index contributed by atoms with van der Waals surface area (Å²) in [5, 5.41) is 9.80. The topological polar surface area (TPSA) is 63.8 Å². The van der Waals surface area contributed by atoms with Gasteiger partial charge in [0.15, 0.2) is 5.82 Å². The lowest BCUT2D eigenvalue weighted by molar-refractivity contribution is 0.260. The van der Waals surface area contributed by atoms with E-state index in [0.29, 0.717) is 12.0 Å². The van der Waals surface area contributed by atoms with Crippen LogP contribution in [0.5, 0.6) is 0 Å². The number of nitrogens with one attached hydrogen (secondary N) is 1. The van der Waals surface area contributed by atoms with Crippen molar-refractivity contribution < 1.29 is 0 Å². The SMILES string of the molecule is Cc1nn(-c2ccnc(Nc3ccc4c(c3)c(Cl)c(C)n4C)n2)cc1CN1CCCC1C. The van der Waals surface area contributed by atoms with Gasteiger partial charge in [0.05, 0.1) is 10.7 Å². The van der Waals surface area contributed by atoms with E-state index in [1.54, 1.807) is 6.20 Å². The van der Waals surface area contributed by atoms with E-state index >= 15 is 0 Å². The molecule has 0 spiro atoms. The third kappa shape index (κ3) is 3.76. The lowest BCUT2D eigenvalue weighted by Crippen LogP contribution is -2.26. The summed E-state index contributed by atoms with van der Waals surface area (Å²) in [5.41, 5.74) is 5.32. The Bertz CT molecular complexity index is 1290. The summed E-state index contributed by atoms with van der Waals surface area (Å²) in [7, 11) is 2.02. The predicted molar refractivity (Wildman–Crippen MR) is 129 cm³/mol. The van der Waals surface area contributed by atoms with Crippen LogP contribution in [0.4, 0.5) is 11.6 Å². The van der Waals surface area contributed by atoms with E-state index in [-0.39, 0.29) is 0 Å². The molecule has 7 nitrogen and oxygen atoms in total. The van der Waals surface area contributed by atoms with Gasteiger partial charge in [-0.15, -0.1) is 0 Å². The summed E-state index contributed by atoms with van der Waals surface area (Å²) in [5.74, 6) is 1.26. The molecule has 0 bridgehead atoms. The summed E-state index contributed by atoms with van der Waals surface area (Å²) in [6, 6.07) is 8.62. The van der Waals surface area contributed by atoms with Crippen molar-refractivity contribution >= 4 is 34.1 Å². The smallest absolute Gasteiger partial charge is 0.229 e. The molecule has 0 radical (unpaired) electrons. The number of rotatable bonds is 5. The number of likely N-dealkylation sites (tertiary alicyclic amines) is 1. The van der Waals surface area contributed by atoms with Crippen LogP contribution in [0.2, 0.25) is 5.02 Å². The largest absolute Gasteiger partial charge is 0.346 e. The van der Waals surface area contributed by atoms with Gasteiger partial charge in [-0.2, -0.15) is 10.1 Å². The Labute approximate surface area is 193 Å². The molecule has 1 atom stereocenters. The second kappa shape index (κ2) is 8.22. The normalized spacial score (nSPS) is 16.8. The van der Waals surface area contributed by atoms with Gasteiger partial charge in [-0.25, -0.2) is 9.67 Å². The zero-order valence-corrected chi connectivity index (χ0v) is 19.7. The fourth-order valence-electron chi connectivity index (χ4n) is 4.49. The predicted octanol–water partition coefficient (Wildman–Crippen LogP) is 5.15. The molecule has 8 heteroatoms. The number of hydrogen-bond acceptors (Lipinski definition) is 5. The van der Waals surface area contributed by atoms with E-state index in [2.05, 4.69) is 45.9 Å². The highest BCUT2D eigenvalue weighted by atomic mass is 35.5. The van der Waals surface area contributed by atoms with Gasteiger partial charge < -0.3 is 9.88 Å². The average Bonchev–Trinajstić information content (AvgIpc) is 3.43. The van der Waals surface area contributed by atoms with E-state index in [1.165, 1.54) is 18.4 Å². The molecule has 1 aromatic carbocycles. The van der Waals surface area contributed by atoms with Crippen LogP contribution in [0.3, 0.4) is 0 Å². The number of fused-ring (bicyclic) bond motifs is 1. The molecule has 1 saturated heterocycles. The number of halogens is 1. The second-order valence-corrected chi connectivity index (χ2v) is 9.08. The number of aryl methyl sites for hydroxylation is 2. The lowest BCUT2D eigenvalue weighted by atomic mass is 10.2. The molecular formula is C24H28ClN7. The molecule has 1 aliphatic heterocycles. The van der Waals surface area contributed by atoms with Gasteiger partial charge in [-0.05, 0) is 58.4 Å². The van der Waals surface area contributed by atoms with Crippen LogP contribution < -0.4 is 5.32 Å². The van der Waals surface area contributed by atoms with Crippen molar-refractivity contribution in [3.63, 3.8) is 0 Å². The molecule has 0 amide bonds. The summed E-state index contributed by atoms with van der Waals surface area (Å²) >= 11 is 6.52. The van der Waals surface area contributed by atoms with Crippen LogP contribution in [-0.2, 0) is 13.6 Å². The van der Waals surface area contributed by atoms with Crippen molar-refractivity contribution in [3.05, 3.63) is 58.6 Å². The van der Waals surface area contributed by atoms with Crippen LogP contribution in [0.15, 0.2) is 36.7 Å². The first-order chi connectivity index (χ1) is 15.4. The van der Waals surface area contributed by atoms with Crippen LogP contribution in [-0.4, -0.2) is 41.8 Å². The number of aromatic nitrogens is 5. The molecule has 166 valence electrons. The van der Waals surface area contributed by atoms with Crippen LogP contribution >= 0.6 is 11.6 Å². The van der Waals surface area contributed by atoms with Crippen molar-refractivity contribution in [2.24, 2.45) is 7.05 Å². The van der Waals surface area contributed by atoms with Gasteiger partial charge in [-0.3, -0.25) is 4.90 Å². The van der Waals surface area contributed by atoms with E-state index in [1.807, 2.05) is 36.9 Å². The van der Waals surface area contributed by atoms with Crippen LogP contribution in [0.1, 0.15) is 36.7 Å². The Balaban J connectivity index is 1.39. The monoisotopic (exact) mass is 449 g/mol. The highest BCUT2D eigenvalue weighted by molar-refractivity contribution is 6.36. The number of nitrogens with zero attached hydrogens (tertiary/aromatic N) is 6. The highest BCUT2D eigenvalue weighted by Crippen LogP contribution is 2.32. The molecule has 1 aliphatic rings. The molecule has 4 aromatic rings. The first kappa shape index (κ1) is 21.0. The minimum atomic E-state index is 0.522. The summed E-state index contributed by atoms with van der Waals surface area (Å²) in [6.07, 6.45) is 6.38. The van der Waals surface area contributed by atoms with Gasteiger partial charge in [0.25, 0.3) is 0 Å². The number of anilines is 2. The third-order valence-corrected chi connectivity index (χ3v) is 7.09. The Hall–Kier alpha value is -2.90. The summed E-state index contributed by atoms with van der Waals surface area (Å²) < 4.78 is 3.94. The van der Waals surface area contributed by atoms with E-state index < -0.39 is 0 Å². The van der Waals surface area contributed by atoms with Gasteiger partial charge in [0, 0.05) is 65.9 Å². The van der Waals surface area contributed by atoms with Gasteiger partial charge >= 0.3 is 0 Å². The maximum atomic E-state index is 6.52. The third-order valence-electron chi connectivity index (χ3n) is 6.61. The number of hydrogen-bond donors (Lipinski definition) is 1. The van der Waals surface area contributed by atoms with Crippen molar-refractivity contribution in [3.8, 4) is 5.82 Å². The van der Waals surface area contributed by atoms with Gasteiger partial charge in [-0.1, -0.05) is 11.6 Å². The quantitative estimate of drug-likeness (QED) is 0.456. The maximum Gasteiger partial charge on any atom is 0.229 e. The second-order valence-electron chi connectivity index (χ2n) is 8.70. The van der Waals surface area contributed by atoms with Gasteiger partial charge in [0.2, 0.25) is 5.95 Å². The molecular weight excluding hydrogens is 422 g/mol. The van der Waals surface area contributed by atoms with Crippen molar-refractivity contribution in [2.75, 3.05) is 11.9 Å². The molecule has 1 N–H and O–H groups in total.